The molecule has 0 amide bonds. The van der Waals surface area contributed by atoms with Gasteiger partial charge < -0.3 is 14.3 Å². The van der Waals surface area contributed by atoms with Gasteiger partial charge in [-0.3, -0.25) is 0 Å². The van der Waals surface area contributed by atoms with Crippen LogP contribution in [0.1, 0.15) is 0 Å². The van der Waals surface area contributed by atoms with E-state index in [4.69, 9.17) is 5.02 Å². The Balaban J connectivity index is 0.000000360. The molecule has 0 aromatic carbocycles. The van der Waals surface area contributed by atoms with E-state index in [1.54, 1.807) is 0 Å². The molecule has 1 rings (SSSR count). The third kappa shape index (κ3) is 2.69. The average molecular weight is 112 g/mol. The first-order valence-corrected chi connectivity index (χ1v) is 1.81. The van der Waals surface area contributed by atoms with Crippen molar-refractivity contribution in [1.82, 2.24) is 0 Å². The fourth-order valence-corrected chi connectivity index (χ4v) is 0.346. The Hall–Kier alpha value is 0.945. The summed E-state index contributed by atoms with van der Waals surface area (Å²) in [7, 11) is -0.954. The SMILES string of the molecule is OB1OCCO1.[NaH]. The van der Waals surface area contributed by atoms with E-state index in [9.17, 15) is 0 Å². The van der Waals surface area contributed by atoms with E-state index in [0.29, 0.717) is 13.2 Å². The Morgan fingerprint density at radius 2 is 1.71 bits per heavy atom. The predicted octanol–water partition coefficient (Wildman–Crippen LogP) is -1.64. The number of hydrogen-bond acceptors (Lipinski definition) is 3. The molecule has 0 unspecified atom stereocenters. The summed E-state index contributed by atoms with van der Waals surface area (Å²) in [5.41, 5.74) is 0. The maximum absolute atomic E-state index is 8.28. The Morgan fingerprint density at radius 3 is 1.86 bits per heavy atom. The molecule has 0 radical (unpaired) electrons. The first-order valence-electron chi connectivity index (χ1n) is 1.81. The van der Waals surface area contributed by atoms with Gasteiger partial charge in [0.15, 0.2) is 0 Å². The van der Waals surface area contributed by atoms with Gasteiger partial charge in [0.2, 0.25) is 0 Å². The van der Waals surface area contributed by atoms with Crippen molar-refractivity contribution in [2.75, 3.05) is 13.2 Å². The summed E-state index contributed by atoms with van der Waals surface area (Å²) in [5, 5.41) is 8.28. The van der Waals surface area contributed by atoms with Crippen LogP contribution in [0.25, 0.3) is 0 Å². The molecule has 1 fully saturated rings. The molecule has 0 atom stereocenters. The Morgan fingerprint density at radius 1 is 1.29 bits per heavy atom. The maximum atomic E-state index is 8.28. The van der Waals surface area contributed by atoms with Crippen LogP contribution in [0.3, 0.4) is 0 Å². The minimum absolute atomic E-state index is 0. The van der Waals surface area contributed by atoms with Crippen LogP contribution in [-0.2, 0) is 9.31 Å². The molecule has 7 heavy (non-hydrogen) atoms. The van der Waals surface area contributed by atoms with Crippen LogP contribution in [0.15, 0.2) is 0 Å². The van der Waals surface area contributed by atoms with Crippen LogP contribution in [0.4, 0.5) is 0 Å². The fraction of sp³-hybridized carbons (Fsp3) is 1.00. The third-order valence-corrected chi connectivity index (χ3v) is 0.604. The molecule has 1 heterocycles. The summed E-state index contributed by atoms with van der Waals surface area (Å²) in [6.07, 6.45) is 0. The van der Waals surface area contributed by atoms with Crippen molar-refractivity contribution < 1.29 is 14.3 Å². The van der Waals surface area contributed by atoms with E-state index in [-0.39, 0.29) is 29.6 Å². The first kappa shape index (κ1) is 7.94. The van der Waals surface area contributed by atoms with Crippen LogP contribution < -0.4 is 0 Å². The van der Waals surface area contributed by atoms with Crippen molar-refractivity contribution in [1.29, 1.82) is 0 Å². The average Bonchev–Trinajstić information content (AvgIpc) is 1.86. The van der Waals surface area contributed by atoms with Crippen LogP contribution in [-0.4, -0.2) is 55.1 Å². The van der Waals surface area contributed by atoms with Crippen LogP contribution in [0.2, 0.25) is 0 Å². The second kappa shape index (κ2) is 3.89. The summed E-state index contributed by atoms with van der Waals surface area (Å²) < 4.78 is 8.97. The van der Waals surface area contributed by atoms with Gasteiger partial charge in [0.05, 0.1) is 13.2 Å². The van der Waals surface area contributed by atoms with E-state index in [1.807, 2.05) is 0 Å². The Kier molecular flexibility index (Phi) is 4.41. The molecule has 3 nitrogen and oxygen atoms in total. The van der Waals surface area contributed by atoms with Crippen molar-refractivity contribution in [3.05, 3.63) is 0 Å². The van der Waals surface area contributed by atoms with Crippen molar-refractivity contribution in [2.24, 2.45) is 0 Å². The van der Waals surface area contributed by atoms with Gasteiger partial charge >= 0.3 is 36.9 Å². The van der Waals surface area contributed by atoms with Crippen LogP contribution in [0.5, 0.6) is 0 Å². The molecule has 1 saturated heterocycles. The van der Waals surface area contributed by atoms with Gasteiger partial charge in [0.25, 0.3) is 0 Å². The number of hydrogen-bond donors (Lipinski definition) is 1. The van der Waals surface area contributed by atoms with Crippen molar-refractivity contribution >= 4 is 36.9 Å². The zero-order chi connectivity index (χ0) is 4.41. The summed E-state index contributed by atoms with van der Waals surface area (Å²) in [6.45, 7) is 1.03. The molecule has 1 aliphatic heterocycles. The molecule has 36 valence electrons. The summed E-state index contributed by atoms with van der Waals surface area (Å²) in [6, 6.07) is 0. The molecule has 1 aliphatic rings. The van der Waals surface area contributed by atoms with E-state index in [1.165, 1.54) is 0 Å². The minimum atomic E-state index is -0.954. The van der Waals surface area contributed by atoms with Gasteiger partial charge in [0, 0.05) is 0 Å². The second-order valence-electron chi connectivity index (χ2n) is 1.05. The predicted molar refractivity (Wildman–Crippen MR) is 27.0 cm³/mol. The summed E-state index contributed by atoms with van der Waals surface area (Å²) in [4.78, 5) is 0. The van der Waals surface area contributed by atoms with Crippen molar-refractivity contribution in [2.45, 2.75) is 0 Å². The Bertz CT molecular complexity index is 46.2. The van der Waals surface area contributed by atoms with Crippen LogP contribution in [0, 0.1) is 0 Å². The third-order valence-electron chi connectivity index (χ3n) is 0.604. The topological polar surface area (TPSA) is 38.7 Å². The fourth-order valence-electron chi connectivity index (χ4n) is 0.346. The van der Waals surface area contributed by atoms with Gasteiger partial charge in [0.1, 0.15) is 0 Å². The molecule has 0 spiro atoms. The first-order chi connectivity index (χ1) is 2.89. The normalized spacial score (nSPS) is 19.3. The summed E-state index contributed by atoms with van der Waals surface area (Å²) in [5.74, 6) is 0. The van der Waals surface area contributed by atoms with Gasteiger partial charge in [-0.25, -0.2) is 0 Å². The Labute approximate surface area is 64.5 Å². The zero-order valence-corrected chi connectivity index (χ0v) is 3.26. The van der Waals surface area contributed by atoms with Crippen LogP contribution >= 0.6 is 0 Å². The van der Waals surface area contributed by atoms with Gasteiger partial charge in [-0.1, -0.05) is 0 Å². The molecule has 0 aliphatic carbocycles. The molecule has 0 aromatic heterocycles. The quantitative estimate of drug-likeness (QED) is 0.382. The summed E-state index contributed by atoms with van der Waals surface area (Å²) >= 11 is 0. The van der Waals surface area contributed by atoms with E-state index < -0.39 is 7.32 Å². The second-order valence-corrected chi connectivity index (χ2v) is 1.05. The van der Waals surface area contributed by atoms with E-state index in [2.05, 4.69) is 9.31 Å². The molecule has 1 N–H and O–H groups in total. The number of rotatable bonds is 0. The van der Waals surface area contributed by atoms with Crippen molar-refractivity contribution in [3.8, 4) is 0 Å². The van der Waals surface area contributed by atoms with Gasteiger partial charge in [-0.05, 0) is 0 Å². The monoisotopic (exact) mass is 112 g/mol. The van der Waals surface area contributed by atoms with E-state index in [0.717, 1.165) is 0 Å². The molecule has 0 aromatic rings. The molecule has 0 bridgehead atoms. The molecular weight excluding hydrogens is 106 g/mol. The van der Waals surface area contributed by atoms with Crippen molar-refractivity contribution in [3.63, 3.8) is 0 Å². The molecule has 5 heteroatoms. The van der Waals surface area contributed by atoms with Gasteiger partial charge in [-0.2, -0.15) is 0 Å². The zero-order valence-electron chi connectivity index (χ0n) is 3.26. The molecular formula is C2H6BNaO3. The molecule has 0 saturated carbocycles. The standard InChI is InChI=1S/C2H5BO3.Na.H/c4-3-5-1-2-6-3;;/h4H,1-2H2;;. The van der Waals surface area contributed by atoms with Gasteiger partial charge in [-0.15, -0.1) is 0 Å². The van der Waals surface area contributed by atoms with E-state index >= 15 is 0 Å².